The van der Waals surface area contributed by atoms with E-state index in [9.17, 15) is 4.79 Å². The van der Waals surface area contributed by atoms with Crippen molar-refractivity contribution in [2.75, 3.05) is 18.6 Å². The van der Waals surface area contributed by atoms with Crippen LogP contribution in [0.3, 0.4) is 0 Å². The van der Waals surface area contributed by atoms with E-state index < -0.39 is 0 Å². The highest BCUT2D eigenvalue weighted by Gasteiger charge is 2.32. The van der Waals surface area contributed by atoms with Gasteiger partial charge in [0.15, 0.2) is 11.5 Å². The van der Waals surface area contributed by atoms with Crippen molar-refractivity contribution in [1.29, 1.82) is 0 Å². The van der Waals surface area contributed by atoms with Crippen LogP contribution in [0.25, 0.3) is 0 Å². The van der Waals surface area contributed by atoms with Crippen LogP contribution in [0.15, 0.2) is 69.0 Å². The Balaban J connectivity index is 1.60. The summed E-state index contributed by atoms with van der Waals surface area (Å²) >= 11 is 0. The molecule has 27 heavy (non-hydrogen) atoms. The largest absolute Gasteiger partial charge is 0.494 e. The predicted octanol–water partition coefficient (Wildman–Crippen LogP) is 3.76. The molecule has 0 N–H and O–H groups in total. The van der Waals surface area contributed by atoms with Gasteiger partial charge in [-0.3, -0.25) is 4.79 Å². The third-order valence-electron chi connectivity index (χ3n) is 4.54. The Labute approximate surface area is 157 Å². The fourth-order valence-corrected chi connectivity index (χ4v) is 3.15. The van der Waals surface area contributed by atoms with Gasteiger partial charge in [0.1, 0.15) is 11.8 Å². The van der Waals surface area contributed by atoms with Gasteiger partial charge >= 0.3 is 0 Å². The monoisotopic (exact) mass is 361 g/mol. The fraction of sp³-hybridized carbons (Fsp3) is 0.250. The number of amidine groups is 1. The number of azo groups is 1. The van der Waals surface area contributed by atoms with Crippen LogP contribution in [0.4, 0.5) is 5.69 Å². The number of rotatable bonds is 4. The lowest BCUT2D eigenvalue weighted by molar-refractivity contribution is -0.111. The number of ether oxygens (including phenoxy) is 1. The first-order valence-corrected chi connectivity index (χ1v) is 8.83. The van der Waals surface area contributed by atoms with Gasteiger partial charge < -0.3 is 9.64 Å². The molecule has 136 valence electrons. The molecule has 2 aliphatic rings. The van der Waals surface area contributed by atoms with Crippen molar-refractivity contribution in [2.45, 2.75) is 19.4 Å². The van der Waals surface area contributed by atoms with Gasteiger partial charge in [0.05, 0.1) is 12.3 Å². The summed E-state index contributed by atoms with van der Waals surface area (Å²) in [5, 5.41) is 16.8. The number of amides is 1. The number of benzene rings is 2. The van der Waals surface area contributed by atoms with Gasteiger partial charge in [0.2, 0.25) is 0 Å². The molecule has 7 heteroatoms. The van der Waals surface area contributed by atoms with Crippen LogP contribution < -0.4 is 9.64 Å². The molecule has 0 saturated heterocycles. The molecule has 0 aromatic heterocycles. The zero-order chi connectivity index (χ0) is 18.8. The first-order valence-electron chi connectivity index (χ1n) is 8.83. The number of anilines is 1. The minimum absolute atomic E-state index is 0.0519. The second kappa shape index (κ2) is 7.11. The Hall–Kier alpha value is -3.35. The lowest BCUT2D eigenvalue weighted by Gasteiger charge is -2.09. The molecular weight excluding hydrogens is 342 g/mol. The molecule has 0 fully saturated rings. The molecule has 2 heterocycles. The lowest BCUT2D eigenvalue weighted by atomic mass is 10.1. The average Bonchev–Trinajstić information content (AvgIpc) is 3.25. The van der Waals surface area contributed by atoms with Gasteiger partial charge in [-0.25, -0.2) is 0 Å². The molecule has 0 bridgehead atoms. The molecule has 1 atom stereocenters. The van der Waals surface area contributed by atoms with Crippen molar-refractivity contribution in [3.8, 4) is 5.75 Å². The Morgan fingerprint density at radius 3 is 2.78 bits per heavy atom. The first kappa shape index (κ1) is 17.1. The summed E-state index contributed by atoms with van der Waals surface area (Å²) in [4.78, 5) is 14.1. The molecule has 0 saturated carbocycles. The number of nitrogens with zero attached hydrogens (tertiary/aromatic N) is 5. The molecule has 1 amide bonds. The second-order valence-corrected chi connectivity index (χ2v) is 6.29. The highest BCUT2D eigenvalue weighted by Crippen LogP contribution is 2.32. The third kappa shape index (κ3) is 3.23. The van der Waals surface area contributed by atoms with Crippen molar-refractivity contribution < 1.29 is 9.53 Å². The smallest absolute Gasteiger partial charge is 0.279 e. The molecule has 0 unspecified atom stereocenters. The van der Waals surface area contributed by atoms with E-state index in [4.69, 9.17) is 4.74 Å². The molecular formula is C20H19N5O2. The highest BCUT2D eigenvalue weighted by atomic mass is 16.5. The number of likely N-dealkylation sites (N-methyl/N-ethyl adjacent to an activating group) is 1. The predicted molar refractivity (Wildman–Crippen MR) is 104 cm³/mol. The summed E-state index contributed by atoms with van der Waals surface area (Å²) < 4.78 is 5.54. The van der Waals surface area contributed by atoms with Crippen LogP contribution in [0, 0.1) is 0 Å². The third-order valence-corrected chi connectivity index (χ3v) is 4.54. The molecule has 0 aliphatic carbocycles. The van der Waals surface area contributed by atoms with Crippen LogP contribution in [0.2, 0.25) is 0 Å². The number of carbonyl (C=O) groups excluding carboxylic acids is 1. The average molecular weight is 361 g/mol. The van der Waals surface area contributed by atoms with Crippen molar-refractivity contribution in [3.63, 3.8) is 0 Å². The van der Waals surface area contributed by atoms with E-state index in [-0.39, 0.29) is 11.9 Å². The molecule has 2 aliphatic heterocycles. The Morgan fingerprint density at radius 1 is 1.19 bits per heavy atom. The fourth-order valence-electron chi connectivity index (χ4n) is 3.15. The van der Waals surface area contributed by atoms with Gasteiger partial charge in [-0.1, -0.05) is 30.3 Å². The summed E-state index contributed by atoms with van der Waals surface area (Å²) in [6.45, 7) is 2.47. The maximum atomic E-state index is 12.6. The van der Waals surface area contributed by atoms with Crippen LogP contribution >= 0.6 is 0 Å². The van der Waals surface area contributed by atoms with E-state index >= 15 is 0 Å². The number of fused-ring (bicyclic) bond motifs is 1. The van der Waals surface area contributed by atoms with E-state index in [1.54, 1.807) is 11.9 Å². The molecule has 0 spiro atoms. The number of carbonyl (C=O) groups is 1. The Kier molecular flexibility index (Phi) is 4.50. The first-order chi connectivity index (χ1) is 13.2. The standard InChI is InChI=1S/C20H19N5O2/c1-3-27-14-9-10-17-15(11-14)19(20(26)25(17)2)24-23-18-12-16(21-22-18)13-7-5-4-6-8-13/h4-11,16H,3,12H2,1-2H3/b23-18-,24-19+/t16-/m0/s1. The number of hydrogen-bond acceptors (Lipinski definition) is 5. The minimum atomic E-state index is -0.197. The summed E-state index contributed by atoms with van der Waals surface area (Å²) in [6, 6.07) is 15.4. The molecule has 2 aromatic carbocycles. The SMILES string of the molecule is CCOc1ccc2c(c1)/C(=N\N=C1\C[C@@H](c3ccccc3)N=N1)C(=O)N2C. The zero-order valence-corrected chi connectivity index (χ0v) is 15.2. The van der Waals surface area contributed by atoms with Crippen LogP contribution in [-0.2, 0) is 4.79 Å². The van der Waals surface area contributed by atoms with Crippen LogP contribution in [-0.4, -0.2) is 31.1 Å². The zero-order valence-electron chi connectivity index (χ0n) is 15.2. The van der Waals surface area contributed by atoms with E-state index in [1.807, 2.05) is 55.5 Å². The Morgan fingerprint density at radius 2 is 2.00 bits per heavy atom. The normalized spacial score (nSPS) is 21.3. The van der Waals surface area contributed by atoms with Crippen molar-refractivity contribution in [2.24, 2.45) is 20.4 Å². The maximum absolute atomic E-state index is 12.6. The van der Waals surface area contributed by atoms with E-state index in [0.29, 0.717) is 35.9 Å². The summed E-state index contributed by atoms with van der Waals surface area (Å²) in [5.41, 5.74) is 2.88. The minimum Gasteiger partial charge on any atom is -0.494 e. The second-order valence-electron chi connectivity index (χ2n) is 6.29. The summed E-state index contributed by atoms with van der Waals surface area (Å²) in [6.07, 6.45) is 0.566. The van der Waals surface area contributed by atoms with E-state index in [1.165, 1.54) is 0 Å². The van der Waals surface area contributed by atoms with Gasteiger partial charge in [-0.05, 0) is 30.7 Å². The summed E-state index contributed by atoms with van der Waals surface area (Å²) in [5.74, 6) is 1.02. The van der Waals surface area contributed by atoms with E-state index in [0.717, 1.165) is 11.3 Å². The van der Waals surface area contributed by atoms with Crippen molar-refractivity contribution in [1.82, 2.24) is 0 Å². The highest BCUT2D eigenvalue weighted by molar-refractivity contribution is 6.54. The lowest BCUT2D eigenvalue weighted by Crippen LogP contribution is -2.25. The van der Waals surface area contributed by atoms with Crippen LogP contribution in [0.1, 0.15) is 30.5 Å². The van der Waals surface area contributed by atoms with Gasteiger partial charge in [0, 0.05) is 19.0 Å². The van der Waals surface area contributed by atoms with Gasteiger partial charge in [-0.2, -0.15) is 5.11 Å². The van der Waals surface area contributed by atoms with Crippen molar-refractivity contribution in [3.05, 3.63) is 59.7 Å². The van der Waals surface area contributed by atoms with E-state index in [2.05, 4.69) is 20.4 Å². The summed E-state index contributed by atoms with van der Waals surface area (Å²) in [7, 11) is 1.72. The van der Waals surface area contributed by atoms with Gasteiger partial charge in [0.25, 0.3) is 5.91 Å². The molecule has 7 nitrogen and oxygen atoms in total. The maximum Gasteiger partial charge on any atom is 0.279 e. The van der Waals surface area contributed by atoms with Crippen molar-refractivity contribution >= 4 is 23.1 Å². The topological polar surface area (TPSA) is 79.0 Å². The van der Waals surface area contributed by atoms with Gasteiger partial charge in [-0.15, -0.1) is 15.3 Å². The number of hydrogen-bond donors (Lipinski definition) is 0. The Bertz CT molecular complexity index is 966. The van der Waals surface area contributed by atoms with Crippen LogP contribution in [0.5, 0.6) is 5.75 Å². The molecule has 0 radical (unpaired) electrons. The quantitative estimate of drug-likeness (QED) is 0.777. The molecule has 2 aromatic rings. The molecule has 4 rings (SSSR count).